The van der Waals surface area contributed by atoms with Gasteiger partial charge in [0.2, 0.25) is 0 Å². The van der Waals surface area contributed by atoms with Crippen LogP contribution in [0.2, 0.25) is 5.02 Å². The summed E-state index contributed by atoms with van der Waals surface area (Å²) < 4.78 is 0.624. The molecule has 0 unspecified atom stereocenters. The van der Waals surface area contributed by atoms with E-state index >= 15 is 0 Å². The Morgan fingerprint density at radius 1 is 1.39 bits per heavy atom. The molecule has 3 heteroatoms. The number of rotatable bonds is 3. The van der Waals surface area contributed by atoms with Crippen molar-refractivity contribution in [2.75, 3.05) is 0 Å². The molecule has 0 atom stereocenters. The van der Waals surface area contributed by atoms with Gasteiger partial charge in [-0.2, -0.15) is 0 Å². The minimum absolute atomic E-state index is 0.542. The zero-order chi connectivity index (χ0) is 14.3. The summed E-state index contributed by atoms with van der Waals surface area (Å²) in [6.07, 6.45) is 1.68. The van der Waals surface area contributed by atoms with Gasteiger partial charge in [0.25, 0.3) is 0 Å². The van der Waals surface area contributed by atoms with Crippen LogP contribution in [0.5, 0.6) is 0 Å². The quantitative estimate of drug-likeness (QED) is 0.735. The maximum atomic E-state index is 6.17. The molecule has 0 aliphatic rings. The van der Waals surface area contributed by atoms with Crippen LogP contribution >= 0.6 is 27.5 Å². The molecule has 0 heterocycles. The molecular formula is C15H19BrClN. The van der Waals surface area contributed by atoms with Crippen molar-refractivity contribution in [2.24, 2.45) is 5.73 Å². The normalized spacial score (nSPS) is 10.9. The number of nitrogens with two attached hydrogens (primary N) is 1. The maximum absolute atomic E-state index is 6.17. The van der Waals surface area contributed by atoms with Crippen molar-refractivity contribution in [2.45, 2.75) is 20.8 Å². The molecule has 0 aromatic heterocycles. The number of hydrogen-bond donors (Lipinski definition) is 1. The van der Waals surface area contributed by atoms with E-state index in [1.165, 1.54) is 0 Å². The molecule has 0 aliphatic heterocycles. The first kappa shape index (κ1) is 17.0. The van der Waals surface area contributed by atoms with Crippen LogP contribution in [0.4, 0.5) is 0 Å². The highest BCUT2D eigenvalue weighted by molar-refractivity contribution is 9.11. The van der Waals surface area contributed by atoms with E-state index in [2.05, 4.69) is 29.1 Å². The molecule has 2 N–H and O–H groups in total. The van der Waals surface area contributed by atoms with Gasteiger partial charge in [-0.15, -0.1) is 0 Å². The van der Waals surface area contributed by atoms with Crippen LogP contribution in [-0.2, 0) is 0 Å². The summed E-state index contributed by atoms with van der Waals surface area (Å²) in [5.74, 6) is 0. The Hall–Kier alpha value is -0.990. The summed E-state index contributed by atoms with van der Waals surface area (Å²) in [6.45, 7) is 13.5. The van der Waals surface area contributed by atoms with Gasteiger partial charge in [0.15, 0.2) is 0 Å². The summed E-state index contributed by atoms with van der Waals surface area (Å²) in [6, 6.07) is 5.80. The molecular weight excluding hydrogens is 310 g/mol. The summed E-state index contributed by atoms with van der Waals surface area (Å²) >= 11 is 9.42. The van der Waals surface area contributed by atoms with Crippen LogP contribution in [-0.4, -0.2) is 0 Å². The van der Waals surface area contributed by atoms with Gasteiger partial charge < -0.3 is 5.73 Å². The zero-order valence-electron chi connectivity index (χ0n) is 11.1. The highest BCUT2D eigenvalue weighted by Crippen LogP contribution is 2.29. The van der Waals surface area contributed by atoms with Gasteiger partial charge in [0.05, 0.1) is 5.70 Å². The molecule has 0 bridgehead atoms. The van der Waals surface area contributed by atoms with Crippen molar-refractivity contribution in [3.63, 3.8) is 0 Å². The molecule has 0 amide bonds. The van der Waals surface area contributed by atoms with E-state index in [0.717, 1.165) is 16.7 Å². The molecule has 1 aromatic rings. The van der Waals surface area contributed by atoms with Crippen LogP contribution in [0, 0.1) is 6.92 Å². The van der Waals surface area contributed by atoms with Gasteiger partial charge in [-0.1, -0.05) is 56.8 Å². The fraction of sp³-hybridized carbons (Fsp3) is 0.200. The average Bonchev–Trinajstić information content (AvgIpc) is 2.34. The topological polar surface area (TPSA) is 26.0 Å². The van der Waals surface area contributed by atoms with E-state index in [1.807, 2.05) is 39.0 Å². The predicted octanol–water partition coefficient (Wildman–Crippen LogP) is 5.44. The number of benzene rings is 1. The van der Waals surface area contributed by atoms with Crippen LogP contribution in [0.25, 0.3) is 5.57 Å². The highest BCUT2D eigenvalue weighted by atomic mass is 79.9. The van der Waals surface area contributed by atoms with E-state index in [1.54, 1.807) is 6.08 Å². The average molecular weight is 329 g/mol. The van der Waals surface area contributed by atoms with Gasteiger partial charge >= 0.3 is 0 Å². The van der Waals surface area contributed by atoms with Crippen molar-refractivity contribution in [3.05, 3.63) is 63.8 Å². The smallest absolute Gasteiger partial charge is 0.0532 e. The molecule has 0 aliphatic carbocycles. The highest BCUT2D eigenvalue weighted by Gasteiger charge is 2.08. The minimum Gasteiger partial charge on any atom is -0.397 e. The lowest BCUT2D eigenvalue weighted by Crippen LogP contribution is -2.01. The van der Waals surface area contributed by atoms with Gasteiger partial charge in [-0.05, 0) is 34.5 Å². The van der Waals surface area contributed by atoms with Gasteiger partial charge in [-0.25, -0.2) is 0 Å². The first-order chi connectivity index (χ1) is 8.47. The SMILES string of the molecule is C=C/C(=C(/N)C(=C)Br)c1ccc(C)cc1Cl.CC. The third-order valence-electron chi connectivity index (χ3n) is 2.20. The molecule has 0 saturated heterocycles. The monoisotopic (exact) mass is 327 g/mol. The summed E-state index contributed by atoms with van der Waals surface area (Å²) in [5, 5.41) is 0.659. The van der Waals surface area contributed by atoms with E-state index in [0.29, 0.717) is 15.2 Å². The molecule has 1 rings (SSSR count). The van der Waals surface area contributed by atoms with Crippen molar-refractivity contribution >= 4 is 33.1 Å². The molecule has 0 fully saturated rings. The van der Waals surface area contributed by atoms with Crippen molar-refractivity contribution in [3.8, 4) is 0 Å². The van der Waals surface area contributed by atoms with Crippen LogP contribution in [0.3, 0.4) is 0 Å². The van der Waals surface area contributed by atoms with Crippen molar-refractivity contribution in [1.82, 2.24) is 0 Å². The molecule has 1 nitrogen and oxygen atoms in total. The van der Waals surface area contributed by atoms with Crippen LogP contribution in [0.1, 0.15) is 25.0 Å². The second kappa shape index (κ2) is 8.17. The number of hydrogen-bond acceptors (Lipinski definition) is 1. The molecule has 18 heavy (non-hydrogen) atoms. The maximum Gasteiger partial charge on any atom is 0.0532 e. The second-order valence-corrected chi connectivity index (χ2v) is 4.78. The van der Waals surface area contributed by atoms with Crippen LogP contribution < -0.4 is 5.73 Å². The fourth-order valence-electron chi connectivity index (χ4n) is 1.35. The van der Waals surface area contributed by atoms with Crippen molar-refractivity contribution in [1.29, 1.82) is 0 Å². The van der Waals surface area contributed by atoms with Crippen LogP contribution in [0.15, 0.2) is 47.6 Å². The van der Waals surface area contributed by atoms with Gasteiger partial charge in [0.1, 0.15) is 0 Å². The number of aryl methyl sites for hydroxylation is 1. The van der Waals surface area contributed by atoms with E-state index in [-0.39, 0.29) is 0 Å². The summed E-state index contributed by atoms with van der Waals surface area (Å²) in [7, 11) is 0. The molecule has 98 valence electrons. The fourth-order valence-corrected chi connectivity index (χ4v) is 1.90. The standard InChI is InChI=1S/C13H13BrClN.C2H6/c1-4-10(13(16)9(3)14)11-6-5-8(2)7-12(11)15;1-2/h4-7H,1,3,16H2,2H3;1-2H3/b13-10-;. The Balaban J connectivity index is 0.00000137. The Kier molecular flexibility index (Phi) is 7.72. The lowest BCUT2D eigenvalue weighted by atomic mass is 10.0. The Morgan fingerprint density at radius 3 is 2.33 bits per heavy atom. The van der Waals surface area contributed by atoms with Gasteiger partial charge in [-0.3, -0.25) is 0 Å². The predicted molar refractivity (Wildman–Crippen MR) is 86.9 cm³/mol. The third-order valence-corrected chi connectivity index (χ3v) is 2.94. The lowest BCUT2D eigenvalue weighted by molar-refractivity contribution is 1.40. The minimum atomic E-state index is 0.542. The molecule has 1 aromatic carbocycles. The van der Waals surface area contributed by atoms with Crippen molar-refractivity contribution < 1.29 is 0 Å². The molecule has 0 spiro atoms. The molecule has 0 saturated carbocycles. The number of allylic oxidation sites excluding steroid dienone is 3. The van der Waals surface area contributed by atoms with E-state index < -0.39 is 0 Å². The summed E-state index contributed by atoms with van der Waals surface area (Å²) in [4.78, 5) is 0. The van der Waals surface area contributed by atoms with Gasteiger partial charge in [0, 0.05) is 20.6 Å². The molecule has 0 radical (unpaired) electrons. The first-order valence-corrected chi connectivity index (χ1v) is 6.88. The largest absolute Gasteiger partial charge is 0.397 e. The Labute approximate surface area is 123 Å². The first-order valence-electron chi connectivity index (χ1n) is 5.71. The Bertz CT molecular complexity index is 475. The number of halogens is 2. The Morgan fingerprint density at radius 2 is 1.94 bits per heavy atom. The summed E-state index contributed by atoms with van der Waals surface area (Å²) in [5.41, 5.74) is 9.21. The second-order valence-electron chi connectivity index (χ2n) is 3.42. The zero-order valence-corrected chi connectivity index (χ0v) is 13.4. The van der Waals surface area contributed by atoms with E-state index in [9.17, 15) is 0 Å². The van der Waals surface area contributed by atoms with E-state index in [4.69, 9.17) is 17.3 Å². The third kappa shape index (κ3) is 4.35. The lowest BCUT2D eigenvalue weighted by Gasteiger charge is -2.10.